The molecule has 1 aliphatic heterocycles. The summed E-state index contributed by atoms with van der Waals surface area (Å²) in [6, 6.07) is 8.69. The van der Waals surface area contributed by atoms with Crippen LogP contribution in [0.2, 0.25) is 0 Å². The molecule has 2 aliphatic rings. The third-order valence-electron chi connectivity index (χ3n) is 7.43. The Labute approximate surface area is 251 Å². The fourth-order valence-electron chi connectivity index (χ4n) is 4.95. The highest BCUT2D eigenvalue weighted by Gasteiger charge is 2.31. The van der Waals surface area contributed by atoms with Crippen LogP contribution in [-0.4, -0.2) is 54.0 Å². The van der Waals surface area contributed by atoms with Crippen molar-refractivity contribution in [2.45, 2.75) is 42.6 Å². The molecule has 2 unspecified atom stereocenters. The van der Waals surface area contributed by atoms with Crippen molar-refractivity contribution in [3.8, 4) is 28.2 Å². The molecule has 0 amide bonds. The monoisotopic (exact) mass is 624 g/mol. The average molecular weight is 625 g/mol. The molecule has 3 heterocycles. The number of nitrogens with zero attached hydrogens (tertiary/aromatic N) is 3. The summed E-state index contributed by atoms with van der Waals surface area (Å²) in [6.07, 6.45) is 3.20. The lowest BCUT2D eigenvalue weighted by atomic mass is 9.96. The van der Waals surface area contributed by atoms with E-state index in [9.17, 15) is 28.0 Å². The van der Waals surface area contributed by atoms with Gasteiger partial charge in [0.2, 0.25) is 5.13 Å². The predicted octanol–water partition coefficient (Wildman–Crippen LogP) is 4.00. The Bertz CT molecular complexity index is 1820. The smallest absolute Gasteiger partial charge is 0.355 e. The van der Waals surface area contributed by atoms with Gasteiger partial charge >= 0.3 is 5.97 Å². The van der Waals surface area contributed by atoms with Crippen molar-refractivity contribution >= 4 is 28.3 Å². The Balaban J connectivity index is 1.50. The Morgan fingerprint density at radius 2 is 2.05 bits per heavy atom. The summed E-state index contributed by atoms with van der Waals surface area (Å²) in [5.74, 6) is 3.44. The first-order valence-corrected chi connectivity index (χ1v) is 15.6. The van der Waals surface area contributed by atoms with Gasteiger partial charge in [-0.1, -0.05) is 17.9 Å². The van der Waals surface area contributed by atoms with Crippen molar-refractivity contribution in [1.29, 1.82) is 0 Å². The topological polar surface area (TPSA) is 141 Å². The van der Waals surface area contributed by atoms with Gasteiger partial charge in [0.15, 0.2) is 11.3 Å². The molecule has 1 aliphatic carbocycles. The van der Waals surface area contributed by atoms with Gasteiger partial charge in [-0.15, -0.1) is 11.3 Å². The summed E-state index contributed by atoms with van der Waals surface area (Å²) >= 11 is 1.13. The standard InChI is InChI=1S/C30H26F2N4O5S2/c31-22-5-4-20(14-19(22)7-8-30(39)9-10-41-16-30)27-21(11-18-3-6-26(43(33)40)23(32)12-18)25(13-17-1-2-17)36(35-27)29-34-24(15-42-29)28(37)38/h3-6,12,14-15,17,39H,1-2,9-11,13,16,33H2,(H,37,38). The molecule has 1 saturated carbocycles. The molecule has 6 rings (SSSR count). The molecule has 2 fully saturated rings. The first-order chi connectivity index (χ1) is 20.6. The van der Waals surface area contributed by atoms with Crippen molar-refractivity contribution in [2.75, 3.05) is 13.2 Å². The number of carbonyl (C=O) groups is 1. The molecule has 2 atom stereocenters. The number of nitrogens with two attached hydrogens (primary N) is 1. The number of hydrogen-bond acceptors (Lipinski definition) is 7. The molecule has 2 aromatic heterocycles. The van der Waals surface area contributed by atoms with Crippen molar-refractivity contribution < 1.29 is 32.7 Å². The van der Waals surface area contributed by atoms with Crippen LogP contribution in [-0.2, 0) is 28.6 Å². The molecule has 4 N–H and O–H groups in total. The molecule has 0 bridgehead atoms. The minimum absolute atomic E-state index is 0.0413. The van der Waals surface area contributed by atoms with E-state index >= 15 is 0 Å². The number of carboxylic acid groups (broad SMARTS) is 1. The third-order valence-corrected chi connectivity index (χ3v) is 9.01. The molecule has 13 heteroatoms. The van der Waals surface area contributed by atoms with E-state index in [-0.39, 0.29) is 29.2 Å². The number of aromatic nitrogens is 3. The molecule has 9 nitrogen and oxygen atoms in total. The van der Waals surface area contributed by atoms with Crippen LogP contribution in [0.3, 0.4) is 0 Å². The number of carboxylic acids is 1. The summed E-state index contributed by atoms with van der Waals surface area (Å²) in [4.78, 5) is 15.7. The number of hydrogen-bond donors (Lipinski definition) is 3. The van der Waals surface area contributed by atoms with Gasteiger partial charge in [-0.3, -0.25) is 0 Å². The van der Waals surface area contributed by atoms with Crippen LogP contribution in [0.25, 0.3) is 16.4 Å². The second-order valence-corrected chi connectivity index (χ2v) is 12.5. The number of ether oxygens (including phenoxy) is 1. The first-order valence-electron chi connectivity index (χ1n) is 13.5. The fraction of sp³-hybridized carbons (Fsp3) is 0.300. The van der Waals surface area contributed by atoms with E-state index in [0.29, 0.717) is 47.3 Å². The highest BCUT2D eigenvalue weighted by Crippen LogP contribution is 2.38. The Morgan fingerprint density at radius 3 is 2.70 bits per heavy atom. The zero-order valence-electron chi connectivity index (χ0n) is 22.7. The number of halogens is 2. The fourth-order valence-corrected chi connectivity index (χ4v) is 6.18. The summed E-state index contributed by atoms with van der Waals surface area (Å²) in [5, 5.41) is 32.1. The molecule has 1 saturated heterocycles. The zero-order chi connectivity index (χ0) is 30.3. The highest BCUT2D eigenvalue weighted by molar-refractivity contribution is 7.82. The van der Waals surface area contributed by atoms with Gasteiger partial charge in [-0.25, -0.2) is 32.6 Å². The molecule has 222 valence electrons. The van der Waals surface area contributed by atoms with Gasteiger partial charge in [0.05, 0.1) is 35.1 Å². The van der Waals surface area contributed by atoms with E-state index in [0.717, 1.165) is 35.4 Å². The molecule has 2 aromatic carbocycles. The van der Waals surface area contributed by atoms with Crippen LogP contribution in [0.1, 0.15) is 52.1 Å². The van der Waals surface area contributed by atoms with Gasteiger partial charge in [0.25, 0.3) is 0 Å². The molecule has 0 radical (unpaired) electrons. The normalized spacial score (nSPS) is 18.8. The Hall–Kier alpha value is -3.80. The maximum absolute atomic E-state index is 14.9. The Morgan fingerprint density at radius 1 is 1.23 bits per heavy atom. The quantitative estimate of drug-likeness (QED) is 0.252. The maximum Gasteiger partial charge on any atom is 0.355 e. The number of thiazole rings is 1. The number of rotatable bonds is 8. The van der Waals surface area contributed by atoms with E-state index in [1.54, 1.807) is 22.9 Å². The second kappa shape index (κ2) is 11.7. The second-order valence-electron chi connectivity index (χ2n) is 10.7. The van der Waals surface area contributed by atoms with Gasteiger partial charge in [0, 0.05) is 29.3 Å². The highest BCUT2D eigenvalue weighted by atomic mass is 32.2. The van der Waals surface area contributed by atoms with Crippen molar-refractivity contribution in [3.63, 3.8) is 0 Å². The summed E-state index contributed by atoms with van der Waals surface area (Å²) < 4.78 is 48.3. The van der Waals surface area contributed by atoms with E-state index < -0.39 is 34.2 Å². The number of aliphatic hydroxyl groups is 1. The minimum atomic E-state index is -1.99. The van der Waals surface area contributed by atoms with Crippen LogP contribution in [0.15, 0.2) is 46.7 Å². The summed E-state index contributed by atoms with van der Waals surface area (Å²) in [5.41, 5.74) is 1.67. The largest absolute Gasteiger partial charge is 0.476 e. The maximum atomic E-state index is 14.9. The molecule has 0 spiro atoms. The molecular formula is C30H26F2N4O5S2. The lowest BCUT2D eigenvalue weighted by Crippen LogP contribution is -2.26. The summed E-state index contributed by atoms with van der Waals surface area (Å²) in [7, 11) is -1.99. The number of aromatic carboxylic acids is 1. The van der Waals surface area contributed by atoms with Crippen LogP contribution in [0.4, 0.5) is 8.78 Å². The van der Waals surface area contributed by atoms with Crippen molar-refractivity contribution in [2.24, 2.45) is 11.1 Å². The molecule has 4 aromatic rings. The lowest BCUT2D eigenvalue weighted by Gasteiger charge is -2.11. The lowest BCUT2D eigenvalue weighted by molar-refractivity contribution is 0.0691. The van der Waals surface area contributed by atoms with Crippen LogP contribution < -0.4 is 5.14 Å². The molecular weight excluding hydrogens is 598 g/mol. The van der Waals surface area contributed by atoms with Crippen LogP contribution >= 0.6 is 11.3 Å². The minimum Gasteiger partial charge on any atom is -0.476 e. The van der Waals surface area contributed by atoms with Gasteiger partial charge in [0.1, 0.15) is 22.6 Å². The summed E-state index contributed by atoms with van der Waals surface area (Å²) in [6.45, 7) is 0.404. The van der Waals surface area contributed by atoms with Crippen LogP contribution in [0, 0.1) is 29.4 Å². The van der Waals surface area contributed by atoms with E-state index in [2.05, 4.69) is 16.8 Å². The Kier molecular flexibility index (Phi) is 7.97. The van der Waals surface area contributed by atoms with Crippen molar-refractivity contribution in [1.82, 2.24) is 14.8 Å². The van der Waals surface area contributed by atoms with E-state index in [1.165, 1.54) is 23.6 Å². The SMILES string of the molecule is NS(=O)c1ccc(Cc2c(-c3ccc(F)c(C#CC4(O)CCOC4)c3)nn(-c3nc(C(=O)O)cs3)c2CC2CC2)cc1F. The third kappa shape index (κ3) is 6.29. The average Bonchev–Trinajstić information content (AvgIpc) is 3.31. The predicted molar refractivity (Wildman–Crippen MR) is 155 cm³/mol. The first kappa shape index (κ1) is 29.3. The van der Waals surface area contributed by atoms with E-state index in [4.69, 9.17) is 15.0 Å². The van der Waals surface area contributed by atoms with E-state index in [1.807, 2.05) is 0 Å². The van der Waals surface area contributed by atoms with Crippen LogP contribution in [0.5, 0.6) is 0 Å². The molecule has 43 heavy (non-hydrogen) atoms. The zero-order valence-corrected chi connectivity index (χ0v) is 24.3. The van der Waals surface area contributed by atoms with Gasteiger partial charge < -0.3 is 14.9 Å². The number of benzene rings is 2. The van der Waals surface area contributed by atoms with Crippen molar-refractivity contribution in [3.05, 3.63) is 81.5 Å². The van der Waals surface area contributed by atoms with Gasteiger partial charge in [-0.2, -0.15) is 5.10 Å². The van der Waals surface area contributed by atoms with Gasteiger partial charge in [-0.05, 0) is 61.1 Å².